The van der Waals surface area contributed by atoms with Crippen molar-refractivity contribution in [1.29, 1.82) is 0 Å². The Morgan fingerprint density at radius 2 is 1.57 bits per heavy atom. The zero-order valence-corrected chi connectivity index (χ0v) is 16.9. The van der Waals surface area contributed by atoms with Crippen molar-refractivity contribution < 1.29 is 19.1 Å². The molecular weight excluding hydrogens is 378 g/mol. The Balaban J connectivity index is 1.76. The molecule has 0 saturated carbocycles. The summed E-state index contributed by atoms with van der Waals surface area (Å²) < 4.78 is 10.7. The maximum absolute atomic E-state index is 12.8. The first-order chi connectivity index (χ1) is 14.6. The number of methoxy groups -OCH3 is 1. The van der Waals surface area contributed by atoms with E-state index in [9.17, 15) is 9.59 Å². The first-order valence-electron chi connectivity index (χ1n) is 9.50. The van der Waals surface area contributed by atoms with E-state index in [-0.39, 0.29) is 6.61 Å². The number of aryl methyl sites for hydroxylation is 1. The van der Waals surface area contributed by atoms with Gasteiger partial charge in [-0.15, -0.1) is 0 Å². The SMILES string of the molecule is COc1ccccc1/C=C(/C(=O)OCC(=O)Nc1ccc(C)cc1)c1ccccc1. The predicted molar refractivity (Wildman–Crippen MR) is 118 cm³/mol. The number of hydrogen-bond acceptors (Lipinski definition) is 4. The molecule has 30 heavy (non-hydrogen) atoms. The lowest BCUT2D eigenvalue weighted by Gasteiger charge is -2.11. The lowest BCUT2D eigenvalue weighted by molar-refractivity contribution is -0.141. The van der Waals surface area contributed by atoms with Crippen molar-refractivity contribution in [2.45, 2.75) is 6.92 Å². The first-order valence-corrected chi connectivity index (χ1v) is 9.50. The first kappa shape index (κ1) is 20.9. The minimum absolute atomic E-state index is 0.336. The van der Waals surface area contributed by atoms with Crippen molar-refractivity contribution >= 4 is 29.2 Å². The smallest absolute Gasteiger partial charge is 0.339 e. The fraction of sp³-hybridized carbons (Fsp3) is 0.120. The third kappa shape index (κ3) is 5.58. The van der Waals surface area contributed by atoms with Crippen molar-refractivity contribution in [3.63, 3.8) is 0 Å². The molecule has 0 unspecified atom stereocenters. The minimum atomic E-state index is -0.592. The van der Waals surface area contributed by atoms with Crippen LogP contribution < -0.4 is 10.1 Å². The van der Waals surface area contributed by atoms with Crippen molar-refractivity contribution in [3.05, 3.63) is 95.6 Å². The number of amides is 1. The van der Waals surface area contributed by atoms with E-state index in [4.69, 9.17) is 9.47 Å². The van der Waals surface area contributed by atoms with E-state index in [1.54, 1.807) is 25.3 Å². The molecular formula is C25H23NO4. The van der Waals surface area contributed by atoms with Gasteiger partial charge in [0.05, 0.1) is 12.7 Å². The van der Waals surface area contributed by atoms with E-state index in [1.165, 1.54) is 0 Å². The minimum Gasteiger partial charge on any atom is -0.496 e. The van der Waals surface area contributed by atoms with Crippen LogP contribution in [0.1, 0.15) is 16.7 Å². The van der Waals surface area contributed by atoms with E-state index in [2.05, 4.69) is 5.32 Å². The van der Waals surface area contributed by atoms with Gasteiger partial charge in [-0.2, -0.15) is 0 Å². The Bertz CT molecular complexity index is 1040. The summed E-state index contributed by atoms with van der Waals surface area (Å²) in [5, 5.41) is 2.72. The molecule has 0 heterocycles. The van der Waals surface area contributed by atoms with Gasteiger partial charge in [-0.3, -0.25) is 4.79 Å². The van der Waals surface area contributed by atoms with Crippen LogP contribution in [-0.2, 0) is 14.3 Å². The summed E-state index contributed by atoms with van der Waals surface area (Å²) >= 11 is 0. The second-order valence-electron chi connectivity index (χ2n) is 6.66. The topological polar surface area (TPSA) is 64.6 Å². The standard InChI is InChI=1S/C25H23NO4/c1-18-12-14-21(15-13-18)26-24(27)17-30-25(28)22(19-8-4-3-5-9-19)16-20-10-6-7-11-23(20)29-2/h3-16H,17H2,1-2H3,(H,26,27)/b22-16+. The summed E-state index contributed by atoms with van der Waals surface area (Å²) in [4.78, 5) is 25.0. The van der Waals surface area contributed by atoms with Crippen LogP contribution in [0.2, 0.25) is 0 Å². The van der Waals surface area contributed by atoms with E-state index < -0.39 is 11.9 Å². The largest absolute Gasteiger partial charge is 0.496 e. The van der Waals surface area contributed by atoms with Gasteiger partial charge in [-0.1, -0.05) is 66.2 Å². The van der Waals surface area contributed by atoms with E-state index in [0.29, 0.717) is 22.6 Å². The number of benzene rings is 3. The zero-order valence-electron chi connectivity index (χ0n) is 16.9. The molecule has 0 radical (unpaired) electrons. The van der Waals surface area contributed by atoms with Crippen LogP contribution in [0.4, 0.5) is 5.69 Å². The van der Waals surface area contributed by atoms with Gasteiger partial charge in [0, 0.05) is 11.3 Å². The van der Waals surface area contributed by atoms with Gasteiger partial charge in [0.25, 0.3) is 5.91 Å². The third-order valence-electron chi connectivity index (χ3n) is 4.41. The Morgan fingerprint density at radius 1 is 0.900 bits per heavy atom. The number of hydrogen-bond donors (Lipinski definition) is 1. The van der Waals surface area contributed by atoms with Gasteiger partial charge in [0.1, 0.15) is 5.75 Å². The normalized spacial score (nSPS) is 10.9. The van der Waals surface area contributed by atoms with Crippen molar-refractivity contribution in [2.75, 3.05) is 19.0 Å². The number of carbonyl (C=O) groups excluding carboxylic acids is 2. The number of rotatable bonds is 7. The summed E-state index contributed by atoms with van der Waals surface area (Å²) in [5.41, 5.74) is 3.50. The molecule has 0 fully saturated rings. The molecule has 0 saturated heterocycles. The number of para-hydroxylation sites is 1. The fourth-order valence-electron chi connectivity index (χ4n) is 2.86. The van der Waals surface area contributed by atoms with E-state index in [1.807, 2.05) is 73.7 Å². The second kappa shape index (κ2) is 10.1. The Morgan fingerprint density at radius 3 is 2.27 bits per heavy atom. The van der Waals surface area contributed by atoms with Crippen LogP contribution in [0.3, 0.4) is 0 Å². The number of esters is 1. The fourth-order valence-corrected chi connectivity index (χ4v) is 2.86. The maximum Gasteiger partial charge on any atom is 0.339 e. The van der Waals surface area contributed by atoms with Crippen LogP contribution in [0.15, 0.2) is 78.9 Å². The monoisotopic (exact) mass is 401 g/mol. The number of carbonyl (C=O) groups is 2. The van der Waals surface area contributed by atoms with Crippen LogP contribution >= 0.6 is 0 Å². The molecule has 5 nitrogen and oxygen atoms in total. The molecule has 0 spiro atoms. The molecule has 3 aromatic rings. The number of nitrogens with one attached hydrogen (secondary N) is 1. The van der Waals surface area contributed by atoms with Gasteiger partial charge in [0.15, 0.2) is 6.61 Å². The number of ether oxygens (including phenoxy) is 2. The van der Waals surface area contributed by atoms with Crippen molar-refractivity contribution in [3.8, 4) is 5.75 Å². The van der Waals surface area contributed by atoms with Gasteiger partial charge < -0.3 is 14.8 Å². The van der Waals surface area contributed by atoms with E-state index in [0.717, 1.165) is 11.1 Å². The molecule has 5 heteroatoms. The highest BCUT2D eigenvalue weighted by Crippen LogP contribution is 2.25. The summed E-state index contributed by atoms with van der Waals surface area (Å²) in [6, 6.07) is 23.9. The van der Waals surface area contributed by atoms with Gasteiger partial charge >= 0.3 is 5.97 Å². The van der Waals surface area contributed by atoms with Gasteiger partial charge in [0.2, 0.25) is 0 Å². The average molecular weight is 401 g/mol. The lowest BCUT2D eigenvalue weighted by Crippen LogP contribution is -2.21. The van der Waals surface area contributed by atoms with Crippen molar-refractivity contribution in [2.24, 2.45) is 0 Å². The molecule has 1 amide bonds. The highest BCUT2D eigenvalue weighted by molar-refractivity contribution is 6.22. The van der Waals surface area contributed by atoms with Crippen LogP contribution in [0, 0.1) is 6.92 Å². The van der Waals surface area contributed by atoms with Crippen LogP contribution in [0.5, 0.6) is 5.75 Å². The van der Waals surface area contributed by atoms with Gasteiger partial charge in [-0.25, -0.2) is 4.79 Å². The average Bonchev–Trinajstić information content (AvgIpc) is 2.78. The van der Waals surface area contributed by atoms with Crippen LogP contribution in [0.25, 0.3) is 11.6 Å². The summed E-state index contributed by atoms with van der Waals surface area (Å²) in [7, 11) is 1.57. The summed E-state index contributed by atoms with van der Waals surface area (Å²) in [6.45, 7) is 1.58. The summed E-state index contributed by atoms with van der Waals surface area (Å²) in [5.74, 6) is -0.362. The zero-order chi connectivity index (χ0) is 21.3. The molecule has 0 aliphatic carbocycles. The number of anilines is 1. The Hall–Kier alpha value is -3.86. The molecule has 0 aliphatic heterocycles. The molecule has 0 bridgehead atoms. The summed E-state index contributed by atoms with van der Waals surface area (Å²) in [6.07, 6.45) is 1.70. The highest BCUT2D eigenvalue weighted by Gasteiger charge is 2.16. The molecule has 0 aromatic heterocycles. The molecule has 0 atom stereocenters. The molecule has 152 valence electrons. The van der Waals surface area contributed by atoms with Gasteiger partial charge in [-0.05, 0) is 36.8 Å². The highest BCUT2D eigenvalue weighted by atomic mass is 16.5. The third-order valence-corrected chi connectivity index (χ3v) is 4.41. The van der Waals surface area contributed by atoms with E-state index >= 15 is 0 Å². The second-order valence-corrected chi connectivity index (χ2v) is 6.66. The molecule has 3 rings (SSSR count). The molecule has 3 aromatic carbocycles. The maximum atomic E-state index is 12.8. The lowest BCUT2D eigenvalue weighted by atomic mass is 10.0. The molecule has 1 N–H and O–H groups in total. The predicted octanol–water partition coefficient (Wildman–Crippen LogP) is 4.73. The van der Waals surface area contributed by atoms with Crippen molar-refractivity contribution in [1.82, 2.24) is 0 Å². The Kier molecular flexibility index (Phi) is 7.00. The molecule has 0 aliphatic rings. The quantitative estimate of drug-likeness (QED) is 0.353. The Labute approximate surface area is 176 Å². The van der Waals surface area contributed by atoms with Crippen LogP contribution in [-0.4, -0.2) is 25.6 Å².